The van der Waals surface area contributed by atoms with Crippen LogP contribution in [-0.4, -0.2) is 24.2 Å². The van der Waals surface area contributed by atoms with E-state index in [1.54, 1.807) is 20.8 Å². The summed E-state index contributed by atoms with van der Waals surface area (Å²) in [6.45, 7) is 5.39. The molecule has 0 N–H and O–H groups in total. The molecule has 0 spiro atoms. The standard InChI is InChI=1S/C12H15ClO4/c1-4-16-11(15)9-6-5-8(17-9)10(14)12(2,3)7-13/h5-6H,4,7H2,1-3H3. The number of Topliss-reactive ketones (excluding diaryl/α,β-unsaturated/α-hetero) is 1. The molecule has 0 saturated carbocycles. The minimum Gasteiger partial charge on any atom is -0.460 e. The van der Waals surface area contributed by atoms with Crippen LogP contribution in [0.15, 0.2) is 16.5 Å². The molecule has 0 atom stereocenters. The lowest BCUT2D eigenvalue weighted by atomic mass is 9.89. The Balaban J connectivity index is 2.88. The van der Waals surface area contributed by atoms with E-state index in [0.29, 0.717) is 0 Å². The zero-order valence-corrected chi connectivity index (χ0v) is 10.8. The van der Waals surface area contributed by atoms with Gasteiger partial charge in [0.25, 0.3) is 0 Å². The average Bonchev–Trinajstić information content (AvgIpc) is 2.77. The highest BCUT2D eigenvalue weighted by molar-refractivity contribution is 6.20. The van der Waals surface area contributed by atoms with Crippen molar-refractivity contribution in [2.45, 2.75) is 20.8 Å². The maximum absolute atomic E-state index is 12.0. The Kier molecular flexibility index (Phi) is 4.34. The molecule has 0 aliphatic carbocycles. The second-order valence-corrected chi connectivity index (χ2v) is 4.50. The van der Waals surface area contributed by atoms with Crippen molar-refractivity contribution in [1.29, 1.82) is 0 Å². The smallest absolute Gasteiger partial charge is 0.374 e. The van der Waals surface area contributed by atoms with Crippen LogP contribution < -0.4 is 0 Å². The maximum atomic E-state index is 12.0. The van der Waals surface area contributed by atoms with Gasteiger partial charge < -0.3 is 9.15 Å². The van der Waals surface area contributed by atoms with Crippen LogP contribution in [0, 0.1) is 5.41 Å². The molecule has 1 rings (SSSR count). The largest absolute Gasteiger partial charge is 0.460 e. The molecule has 0 saturated heterocycles. The van der Waals surface area contributed by atoms with E-state index in [0.717, 1.165) is 0 Å². The number of hydrogen-bond acceptors (Lipinski definition) is 4. The summed E-state index contributed by atoms with van der Waals surface area (Å²) in [7, 11) is 0. The molecular formula is C12H15ClO4. The number of halogens is 1. The predicted octanol–water partition coefficient (Wildman–Crippen LogP) is 2.90. The van der Waals surface area contributed by atoms with Crippen LogP contribution in [0.2, 0.25) is 0 Å². The quantitative estimate of drug-likeness (QED) is 0.463. The van der Waals surface area contributed by atoms with Crippen molar-refractivity contribution in [3.05, 3.63) is 23.7 Å². The first kappa shape index (κ1) is 13.8. The summed E-state index contributed by atoms with van der Waals surface area (Å²) in [6.07, 6.45) is 0. The topological polar surface area (TPSA) is 56.5 Å². The summed E-state index contributed by atoms with van der Waals surface area (Å²) in [6, 6.07) is 2.89. The first-order valence-electron chi connectivity index (χ1n) is 5.30. The number of alkyl halides is 1. The molecule has 1 aromatic rings. The fourth-order valence-corrected chi connectivity index (χ4v) is 1.29. The van der Waals surface area contributed by atoms with Gasteiger partial charge in [-0.2, -0.15) is 0 Å². The molecule has 0 aliphatic heterocycles. The van der Waals surface area contributed by atoms with Crippen molar-refractivity contribution >= 4 is 23.4 Å². The number of hydrogen-bond donors (Lipinski definition) is 0. The van der Waals surface area contributed by atoms with Gasteiger partial charge in [-0.1, -0.05) is 13.8 Å². The first-order valence-corrected chi connectivity index (χ1v) is 5.83. The number of ketones is 1. The lowest BCUT2D eigenvalue weighted by Gasteiger charge is -2.17. The summed E-state index contributed by atoms with van der Waals surface area (Å²) in [4.78, 5) is 23.3. The lowest BCUT2D eigenvalue weighted by molar-refractivity contribution is 0.0487. The number of carbonyl (C=O) groups excluding carboxylic acids is 2. The molecule has 0 unspecified atom stereocenters. The van der Waals surface area contributed by atoms with Crippen LogP contribution in [0.5, 0.6) is 0 Å². The highest BCUT2D eigenvalue weighted by Gasteiger charge is 2.30. The molecule has 5 heteroatoms. The van der Waals surface area contributed by atoms with Crippen molar-refractivity contribution in [1.82, 2.24) is 0 Å². The summed E-state index contributed by atoms with van der Waals surface area (Å²) in [5, 5.41) is 0. The van der Waals surface area contributed by atoms with E-state index in [4.69, 9.17) is 20.8 Å². The maximum Gasteiger partial charge on any atom is 0.374 e. The predicted molar refractivity (Wildman–Crippen MR) is 63.5 cm³/mol. The zero-order valence-electron chi connectivity index (χ0n) is 10.1. The molecular weight excluding hydrogens is 244 g/mol. The van der Waals surface area contributed by atoms with Crippen molar-refractivity contribution < 1.29 is 18.7 Å². The van der Waals surface area contributed by atoms with Gasteiger partial charge in [-0.3, -0.25) is 4.79 Å². The zero-order chi connectivity index (χ0) is 13.1. The van der Waals surface area contributed by atoms with Gasteiger partial charge in [0.2, 0.25) is 11.5 Å². The van der Waals surface area contributed by atoms with Crippen LogP contribution in [0.4, 0.5) is 0 Å². The normalized spacial score (nSPS) is 11.3. The molecule has 17 heavy (non-hydrogen) atoms. The number of esters is 1. The molecule has 0 aromatic carbocycles. The number of carbonyl (C=O) groups is 2. The Bertz CT molecular complexity index is 420. The van der Waals surface area contributed by atoms with Crippen LogP contribution in [0.1, 0.15) is 41.9 Å². The van der Waals surface area contributed by atoms with E-state index in [9.17, 15) is 9.59 Å². The minimum absolute atomic E-state index is 0.0283. The Hall–Kier alpha value is -1.29. The summed E-state index contributed by atoms with van der Waals surface area (Å²) in [5.41, 5.74) is -0.717. The second-order valence-electron chi connectivity index (χ2n) is 4.23. The van der Waals surface area contributed by atoms with Crippen LogP contribution in [0.25, 0.3) is 0 Å². The van der Waals surface area contributed by atoms with Gasteiger partial charge in [-0.25, -0.2) is 4.79 Å². The van der Waals surface area contributed by atoms with Gasteiger partial charge >= 0.3 is 5.97 Å². The Morgan fingerprint density at radius 2 is 1.94 bits per heavy atom. The van der Waals surface area contributed by atoms with E-state index < -0.39 is 11.4 Å². The monoisotopic (exact) mass is 258 g/mol. The van der Waals surface area contributed by atoms with Crippen molar-refractivity contribution in [3.63, 3.8) is 0 Å². The van der Waals surface area contributed by atoms with E-state index in [2.05, 4.69) is 0 Å². The third-order valence-electron chi connectivity index (χ3n) is 2.26. The molecule has 94 valence electrons. The molecule has 4 nitrogen and oxygen atoms in total. The van der Waals surface area contributed by atoms with E-state index in [1.165, 1.54) is 12.1 Å². The van der Waals surface area contributed by atoms with Gasteiger partial charge in [0, 0.05) is 11.3 Å². The SMILES string of the molecule is CCOC(=O)c1ccc(C(=O)C(C)(C)CCl)o1. The van der Waals surface area contributed by atoms with Crippen LogP contribution >= 0.6 is 11.6 Å². The number of ether oxygens (including phenoxy) is 1. The van der Waals surface area contributed by atoms with Gasteiger partial charge in [-0.15, -0.1) is 11.6 Å². The minimum atomic E-state index is -0.717. The fourth-order valence-electron chi connectivity index (χ4n) is 1.17. The Morgan fingerprint density at radius 1 is 1.35 bits per heavy atom. The van der Waals surface area contributed by atoms with Crippen LogP contribution in [0.3, 0.4) is 0 Å². The molecule has 0 fully saturated rings. The average molecular weight is 259 g/mol. The summed E-state index contributed by atoms with van der Waals surface area (Å²) >= 11 is 5.70. The highest BCUT2D eigenvalue weighted by Crippen LogP contribution is 2.24. The Morgan fingerprint density at radius 3 is 2.47 bits per heavy atom. The van der Waals surface area contributed by atoms with Crippen molar-refractivity contribution in [2.75, 3.05) is 12.5 Å². The summed E-state index contributed by atoms with van der Waals surface area (Å²) < 4.78 is 9.93. The molecule has 0 bridgehead atoms. The summed E-state index contributed by atoms with van der Waals surface area (Å²) in [5.74, 6) is -0.473. The highest BCUT2D eigenvalue weighted by atomic mass is 35.5. The van der Waals surface area contributed by atoms with E-state index >= 15 is 0 Å². The van der Waals surface area contributed by atoms with E-state index in [-0.39, 0.29) is 29.8 Å². The first-order chi connectivity index (χ1) is 7.92. The molecule has 0 radical (unpaired) electrons. The third kappa shape index (κ3) is 3.09. The van der Waals surface area contributed by atoms with Gasteiger partial charge in [0.05, 0.1) is 6.61 Å². The molecule has 0 aliphatic rings. The number of furan rings is 1. The fraction of sp³-hybridized carbons (Fsp3) is 0.500. The molecule has 1 heterocycles. The Labute approximate surface area is 105 Å². The molecule has 0 amide bonds. The van der Waals surface area contributed by atoms with Crippen molar-refractivity contribution in [3.8, 4) is 0 Å². The number of rotatable bonds is 5. The van der Waals surface area contributed by atoms with Gasteiger partial charge in [-0.05, 0) is 19.1 Å². The van der Waals surface area contributed by atoms with Crippen molar-refractivity contribution in [2.24, 2.45) is 5.41 Å². The third-order valence-corrected chi connectivity index (χ3v) is 2.92. The second kappa shape index (κ2) is 5.36. The lowest BCUT2D eigenvalue weighted by Crippen LogP contribution is -2.25. The van der Waals surface area contributed by atoms with Gasteiger partial charge in [0.15, 0.2) is 5.76 Å². The van der Waals surface area contributed by atoms with E-state index in [1.807, 2.05) is 0 Å². The molecule has 1 aromatic heterocycles. The van der Waals surface area contributed by atoms with Gasteiger partial charge in [0.1, 0.15) is 0 Å². The van der Waals surface area contributed by atoms with Crippen LogP contribution in [-0.2, 0) is 4.74 Å².